The van der Waals surface area contributed by atoms with Crippen LogP contribution >= 0.6 is 0 Å². The van der Waals surface area contributed by atoms with Gasteiger partial charge in [-0.2, -0.15) is 0 Å². The van der Waals surface area contributed by atoms with E-state index in [1.807, 2.05) is 6.92 Å². The number of hydrogen-bond acceptors (Lipinski definition) is 4. The third-order valence-corrected chi connectivity index (χ3v) is 1.90. The van der Waals surface area contributed by atoms with Crippen molar-refractivity contribution in [3.63, 3.8) is 0 Å². The van der Waals surface area contributed by atoms with Gasteiger partial charge < -0.3 is 14.9 Å². The Labute approximate surface area is 82.5 Å². The van der Waals surface area contributed by atoms with Gasteiger partial charge in [0.25, 0.3) is 0 Å². The highest BCUT2D eigenvalue weighted by molar-refractivity contribution is 5.90. The summed E-state index contributed by atoms with van der Waals surface area (Å²) in [5, 5.41) is 18.7. The lowest BCUT2D eigenvalue weighted by molar-refractivity contribution is -0.140. The normalized spacial score (nSPS) is 25.8. The molecule has 0 aromatic rings. The molecule has 0 bridgehead atoms. The van der Waals surface area contributed by atoms with E-state index in [2.05, 4.69) is 0 Å². The first-order valence-corrected chi connectivity index (χ1v) is 4.58. The molecule has 0 aromatic carbocycles. The third kappa shape index (κ3) is 2.43. The Balaban J connectivity index is 2.62. The van der Waals surface area contributed by atoms with Gasteiger partial charge in [0.15, 0.2) is 0 Å². The van der Waals surface area contributed by atoms with Gasteiger partial charge in [0.2, 0.25) is 0 Å². The van der Waals surface area contributed by atoms with E-state index >= 15 is 0 Å². The van der Waals surface area contributed by atoms with Crippen LogP contribution in [0, 0.1) is 0 Å². The number of esters is 1. The molecule has 1 aliphatic carbocycles. The van der Waals surface area contributed by atoms with Crippen LogP contribution in [0.25, 0.3) is 0 Å². The van der Waals surface area contributed by atoms with Crippen molar-refractivity contribution < 1.29 is 19.7 Å². The van der Waals surface area contributed by atoms with E-state index in [4.69, 9.17) is 4.74 Å². The lowest BCUT2D eigenvalue weighted by Crippen LogP contribution is -2.32. The number of aliphatic hydroxyl groups is 2. The predicted molar refractivity (Wildman–Crippen MR) is 50.5 cm³/mol. The van der Waals surface area contributed by atoms with Gasteiger partial charge in [-0.05, 0) is 12.5 Å². The van der Waals surface area contributed by atoms with Gasteiger partial charge in [0, 0.05) is 0 Å². The number of hydrogen-bond donors (Lipinski definition) is 2. The highest BCUT2D eigenvalue weighted by atomic mass is 16.5. The summed E-state index contributed by atoms with van der Waals surface area (Å²) < 4.78 is 4.84. The fourth-order valence-corrected chi connectivity index (χ4v) is 1.13. The van der Waals surface area contributed by atoms with Crippen molar-refractivity contribution in [3.05, 3.63) is 23.8 Å². The van der Waals surface area contributed by atoms with Crippen LogP contribution in [0.15, 0.2) is 23.8 Å². The van der Waals surface area contributed by atoms with Crippen LogP contribution in [0.2, 0.25) is 0 Å². The lowest BCUT2D eigenvalue weighted by atomic mass is 9.99. The highest BCUT2D eigenvalue weighted by Gasteiger charge is 2.26. The van der Waals surface area contributed by atoms with Gasteiger partial charge in [-0.15, -0.1) is 0 Å². The van der Waals surface area contributed by atoms with Gasteiger partial charge in [-0.3, -0.25) is 0 Å². The van der Waals surface area contributed by atoms with Crippen LogP contribution in [0.4, 0.5) is 0 Å². The molecule has 2 N–H and O–H groups in total. The fraction of sp³-hybridized carbons (Fsp3) is 0.500. The third-order valence-electron chi connectivity index (χ3n) is 1.90. The first kappa shape index (κ1) is 10.9. The summed E-state index contributed by atoms with van der Waals surface area (Å²) in [4.78, 5) is 11.3. The Hall–Kier alpha value is -1.13. The molecule has 78 valence electrons. The monoisotopic (exact) mass is 198 g/mol. The van der Waals surface area contributed by atoms with E-state index in [-0.39, 0.29) is 5.57 Å². The van der Waals surface area contributed by atoms with Crippen molar-refractivity contribution >= 4 is 5.97 Å². The molecule has 2 atom stereocenters. The number of allylic oxidation sites excluding steroid dienone is 2. The lowest BCUT2D eigenvalue weighted by Gasteiger charge is -2.19. The van der Waals surface area contributed by atoms with Crippen molar-refractivity contribution in [2.45, 2.75) is 25.6 Å². The molecule has 1 aliphatic rings. The maximum absolute atomic E-state index is 11.3. The van der Waals surface area contributed by atoms with Crippen LogP contribution in [0.5, 0.6) is 0 Å². The van der Waals surface area contributed by atoms with E-state index < -0.39 is 18.2 Å². The van der Waals surface area contributed by atoms with E-state index in [1.54, 1.807) is 0 Å². The molecule has 0 saturated carbocycles. The standard InChI is InChI=1S/C10H14O4/c1-2-6-14-10(13)7-4-3-5-8(11)9(7)12/h3-5,8-9,11-12H,2,6H2,1H3/t8-,9+/m0/s1. The van der Waals surface area contributed by atoms with Gasteiger partial charge in [0.1, 0.15) is 12.2 Å². The molecule has 0 aliphatic heterocycles. The number of carbonyl (C=O) groups excluding carboxylic acids is 1. The van der Waals surface area contributed by atoms with Crippen molar-refractivity contribution in [2.24, 2.45) is 0 Å². The van der Waals surface area contributed by atoms with Crippen molar-refractivity contribution in [3.8, 4) is 0 Å². The zero-order valence-corrected chi connectivity index (χ0v) is 8.01. The molecule has 1 rings (SSSR count). The SMILES string of the molecule is CCCOC(=O)C1=CC=C[C@H](O)[C@@H]1O. The number of ether oxygens (including phenoxy) is 1. The second-order valence-electron chi connectivity index (χ2n) is 3.08. The molecule has 0 unspecified atom stereocenters. The molecule has 4 nitrogen and oxygen atoms in total. The first-order valence-electron chi connectivity index (χ1n) is 4.58. The second-order valence-corrected chi connectivity index (χ2v) is 3.08. The molecular formula is C10H14O4. The summed E-state index contributed by atoms with van der Waals surface area (Å²) in [6, 6.07) is 0. The van der Waals surface area contributed by atoms with Crippen LogP contribution in [0.3, 0.4) is 0 Å². The Morgan fingerprint density at radius 2 is 2.29 bits per heavy atom. The molecule has 0 aromatic heterocycles. The number of rotatable bonds is 3. The molecular weight excluding hydrogens is 184 g/mol. The zero-order valence-electron chi connectivity index (χ0n) is 8.01. The zero-order chi connectivity index (χ0) is 10.6. The van der Waals surface area contributed by atoms with Gasteiger partial charge in [0.05, 0.1) is 12.2 Å². The molecule has 0 spiro atoms. The second kappa shape index (κ2) is 4.93. The Morgan fingerprint density at radius 3 is 2.93 bits per heavy atom. The maximum atomic E-state index is 11.3. The Morgan fingerprint density at radius 1 is 1.57 bits per heavy atom. The van der Waals surface area contributed by atoms with Crippen molar-refractivity contribution in [1.29, 1.82) is 0 Å². The molecule has 0 heterocycles. The topological polar surface area (TPSA) is 66.8 Å². The molecule has 0 saturated heterocycles. The number of aliphatic hydroxyl groups excluding tert-OH is 2. The van der Waals surface area contributed by atoms with Crippen LogP contribution < -0.4 is 0 Å². The maximum Gasteiger partial charge on any atom is 0.336 e. The van der Waals surface area contributed by atoms with Gasteiger partial charge in [-0.1, -0.05) is 19.1 Å². The summed E-state index contributed by atoms with van der Waals surface area (Å²) >= 11 is 0. The minimum atomic E-state index is -1.18. The van der Waals surface area contributed by atoms with E-state index in [1.165, 1.54) is 18.2 Å². The Kier molecular flexibility index (Phi) is 3.85. The molecule has 0 radical (unpaired) electrons. The van der Waals surface area contributed by atoms with E-state index in [0.29, 0.717) is 6.61 Å². The summed E-state index contributed by atoms with van der Waals surface area (Å²) in [5.74, 6) is -0.567. The first-order chi connectivity index (χ1) is 6.66. The molecule has 14 heavy (non-hydrogen) atoms. The van der Waals surface area contributed by atoms with Crippen LogP contribution in [-0.2, 0) is 9.53 Å². The molecule has 0 amide bonds. The average molecular weight is 198 g/mol. The molecule has 4 heteroatoms. The van der Waals surface area contributed by atoms with Crippen LogP contribution in [0.1, 0.15) is 13.3 Å². The van der Waals surface area contributed by atoms with E-state index in [9.17, 15) is 15.0 Å². The summed E-state index contributed by atoms with van der Waals surface area (Å²) in [5.41, 5.74) is 0.105. The summed E-state index contributed by atoms with van der Waals surface area (Å²) in [7, 11) is 0. The smallest absolute Gasteiger partial charge is 0.336 e. The predicted octanol–water partition coefficient (Wildman–Crippen LogP) is 0.158. The van der Waals surface area contributed by atoms with Gasteiger partial charge >= 0.3 is 5.97 Å². The van der Waals surface area contributed by atoms with Crippen molar-refractivity contribution in [1.82, 2.24) is 0 Å². The van der Waals surface area contributed by atoms with Crippen LogP contribution in [-0.4, -0.2) is 35.0 Å². The molecule has 0 fully saturated rings. The largest absolute Gasteiger partial charge is 0.462 e. The summed E-state index contributed by atoms with van der Waals surface area (Å²) in [6.45, 7) is 2.20. The highest BCUT2D eigenvalue weighted by Crippen LogP contribution is 2.15. The average Bonchev–Trinajstić information content (AvgIpc) is 2.18. The number of carbonyl (C=O) groups is 1. The van der Waals surface area contributed by atoms with E-state index in [0.717, 1.165) is 6.42 Å². The minimum absolute atomic E-state index is 0.105. The Bertz CT molecular complexity index is 267. The minimum Gasteiger partial charge on any atom is -0.462 e. The summed E-state index contributed by atoms with van der Waals surface area (Å²) in [6.07, 6.45) is 2.93. The van der Waals surface area contributed by atoms with Gasteiger partial charge in [-0.25, -0.2) is 4.79 Å². The quantitative estimate of drug-likeness (QED) is 0.634. The van der Waals surface area contributed by atoms with Crippen molar-refractivity contribution in [2.75, 3.05) is 6.61 Å². The fourth-order valence-electron chi connectivity index (χ4n) is 1.13.